The van der Waals surface area contributed by atoms with E-state index in [4.69, 9.17) is 11.6 Å². The first-order chi connectivity index (χ1) is 10.2. The lowest BCUT2D eigenvalue weighted by Crippen LogP contribution is -2.33. The van der Waals surface area contributed by atoms with Crippen molar-refractivity contribution in [1.82, 2.24) is 24.5 Å². The molecule has 2 aromatic heterocycles. The van der Waals surface area contributed by atoms with Gasteiger partial charge in [0.15, 0.2) is 0 Å². The van der Waals surface area contributed by atoms with Crippen molar-refractivity contribution in [3.8, 4) is 5.95 Å². The van der Waals surface area contributed by atoms with E-state index in [0.717, 1.165) is 32.1 Å². The first-order valence-corrected chi connectivity index (χ1v) is 7.45. The molecule has 0 saturated heterocycles. The number of aromatic nitrogens is 5. The van der Waals surface area contributed by atoms with Gasteiger partial charge in [-0.05, 0) is 24.4 Å². The molecule has 2 atom stereocenters. The van der Waals surface area contributed by atoms with Crippen LogP contribution in [0.3, 0.4) is 0 Å². The average Bonchev–Trinajstić information content (AvgIpc) is 2.92. The number of hydrogen-bond acceptors (Lipinski definition) is 6. The summed E-state index contributed by atoms with van der Waals surface area (Å²) in [5.74, 6) is 0.780. The highest BCUT2D eigenvalue weighted by Crippen LogP contribution is 2.21. The van der Waals surface area contributed by atoms with Crippen molar-refractivity contribution in [2.45, 2.75) is 44.2 Å². The maximum absolute atomic E-state index is 10.2. The summed E-state index contributed by atoms with van der Waals surface area (Å²) in [6.07, 6.45) is 9.55. The van der Waals surface area contributed by atoms with E-state index < -0.39 is 0 Å². The van der Waals surface area contributed by atoms with Gasteiger partial charge in [-0.1, -0.05) is 19.3 Å². The molecule has 0 amide bonds. The Labute approximate surface area is 127 Å². The third-order valence-corrected chi connectivity index (χ3v) is 3.79. The van der Waals surface area contributed by atoms with Crippen molar-refractivity contribution in [1.29, 1.82) is 0 Å². The van der Waals surface area contributed by atoms with Gasteiger partial charge in [0.25, 0.3) is 0 Å². The van der Waals surface area contributed by atoms with Crippen molar-refractivity contribution < 1.29 is 5.11 Å². The second-order valence-corrected chi connectivity index (χ2v) is 5.49. The molecule has 8 heteroatoms. The van der Waals surface area contributed by atoms with E-state index in [2.05, 4.69) is 25.3 Å². The molecular weight excluding hydrogens is 292 g/mol. The van der Waals surface area contributed by atoms with Crippen LogP contribution < -0.4 is 5.32 Å². The maximum Gasteiger partial charge on any atom is 0.241 e. The van der Waals surface area contributed by atoms with Gasteiger partial charge in [-0.3, -0.25) is 4.57 Å². The highest BCUT2D eigenvalue weighted by Gasteiger charge is 2.22. The summed E-state index contributed by atoms with van der Waals surface area (Å²) in [6, 6.07) is -0.0541. The van der Waals surface area contributed by atoms with Crippen molar-refractivity contribution in [2.24, 2.45) is 0 Å². The van der Waals surface area contributed by atoms with E-state index in [9.17, 15) is 5.11 Å². The Balaban J connectivity index is 1.81. The highest BCUT2D eigenvalue weighted by molar-refractivity contribution is 6.28. The number of hydrogen-bond donors (Lipinski definition) is 2. The topological polar surface area (TPSA) is 88.8 Å². The Morgan fingerprint density at radius 1 is 1.19 bits per heavy atom. The van der Waals surface area contributed by atoms with E-state index in [0.29, 0.717) is 11.9 Å². The molecule has 21 heavy (non-hydrogen) atoms. The number of halogens is 1. The predicted molar refractivity (Wildman–Crippen MR) is 78.5 cm³/mol. The molecule has 0 aliphatic heterocycles. The summed E-state index contributed by atoms with van der Waals surface area (Å²) < 4.78 is 1.66. The molecule has 1 aliphatic rings. The minimum atomic E-state index is -0.389. The summed E-state index contributed by atoms with van der Waals surface area (Å²) in [7, 11) is 0. The largest absolute Gasteiger partial charge is 0.391 e. The lowest BCUT2D eigenvalue weighted by atomic mass is 10.1. The number of imidazole rings is 1. The van der Waals surface area contributed by atoms with E-state index in [-0.39, 0.29) is 17.4 Å². The molecule has 0 spiro atoms. The highest BCUT2D eigenvalue weighted by atomic mass is 35.5. The minimum Gasteiger partial charge on any atom is -0.391 e. The van der Waals surface area contributed by atoms with Gasteiger partial charge in [-0.15, -0.1) is 0 Å². The molecule has 0 bridgehead atoms. The Kier molecular flexibility index (Phi) is 4.31. The van der Waals surface area contributed by atoms with Crippen LogP contribution in [0.5, 0.6) is 0 Å². The smallest absolute Gasteiger partial charge is 0.241 e. The fraction of sp³-hybridized carbons (Fsp3) is 0.538. The number of anilines is 1. The second kappa shape index (κ2) is 6.36. The van der Waals surface area contributed by atoms with Gasteiger partial charge < -0.3 is 10.4 Å². The number of rotatable bonds is 3. The summed E-state index contributed by atoms with van der Waals surface area (Å²) >= 11 is 5.95. The zero-order valence-electron chi connectivity index (χ0n) is 11.5. The van der Waals surface area contributed by atoms with E-state index in [1.54, 1.807) is 23.3 Å². The predicted octanol–water partition coefficient (Wildman–Crippen LogP) is 1.82. The molecule has 2 N–H and O–H groups in total. The lowest BCUT2D eigenvalue weighted by molar-refractivity contribution is 0.144. The van der Waals surface area contributed by atoms with Crippen molar-refractivity contribution in [2.75, 3.05) is 5.32 Å². The van der Waals surface area contributed by atoms with Gasteiger partial charge in [-0.2, -0.15) is 15.0 Å². The van der Waals surface area contributed by atoms with Crippen LogP contribution >= 0.6 is 11.6 Å². The third kappa shape index (κ3) is 3.48. The van der Waals surface area contributed by atoms with Crippen molar-refractivity contribution in [3.63, 3.8) is 0 Å². The van der Waals surface area contributed by atoms with E-state index in [1.807, 2.05) is 0 Å². The Bertz CT molecular complexity index is 590. The van der Waals surface area contributed by atoms with Crippen LogP contribution in [-0.2, 0) is 0 Å². The molecule has 2 heterocycles. The monoisotopic (exact) mass is 308 g/mol. The molecule has 2 unspecified atom stereocenters. The summed E-state index contributed by atoms with van der Waals surface area (Å²) in [6.45, 7) is 0. The number of nitrogens with one attached hydrogen (secondary N) is 1. The van der Waals surface area contributed by atoms with E-state index >= 15 is 0 Å². The van der Waals surface area contributed by atoms with Gasteiger partial charge in [0.05, 0.1) is 12.1 Å². The summed E-state index contributed by atoms with van der Waals surface area (Å²) in [5.41, 5.74) is 0. The molecule has 1 aliphatic carbocycles. The standard InChI is InChI=1S/C13H17ClN6O/c14-11-17-12(16-9-4-2-1-3-5-10(9)21)19-13(18-11)20-7-6-15-8-20/h6-10,21H,1-5H2,(H,16,17,18,19). The average molecular weight is 309 g/mol. The van der Waals surface area contributed by atoms with Gasteiger partial charge in [0.1, 0.15) is 6.33 Å². The molecule has 3 rings (SSSR count). The SMILES string of the molecule is OC1CCCCCC1Nc1nc(Cl)nc(-n2ccnc2)n1. The number of aliphatic hydroxyl groups is 1. The van der Waals surface area contributed by atoms with Crippen LogP contribution in [-0.4, -0.2) is 41.8 Å². The van der Waals surface area contributed by atoms with Gasteiger partial charge in [0.2, 0.25) is 17.2 Å². The van der Waals surface area contributed by atoms with Gasteiger partial charge in [0, 0.05) is 12.4 Å². The van der Waals surface area contributed by atoms with Crippen molar-refractivity contribution in [3.05, 3.63) is 24.0 Å². The first kappa shape index (κ1) is 14.2. The van der Waals surface area contributed by atoms with Crippen LogP contribution in [0.15, 0.2) is 18.7 Å². The van der Waals surface area contributed by atoms with Gasteiger partial charge in [-0.25, -0.2) is 4.98 Å². The van der Waals surface area contributed by atoms with Crippen LogP contribution in [0.25, 0.3) is 5.95 Å². The maximum atomic E-state index is 10.2. The Hall–Kier alpha value is -1.73. The van der Waals surface area contributed by atoms with Gasteiger partial charge >= 0.3 is 0 Å². The summed E-state index contributed by atoms with van der Waals surface area (Å²) in [4.78, 5) is 16.4. The molecule has 0 radical (unpaired) electrons. The van der Waals surface area contributed by atoms with E-state index in [1.165, 1.54) is 0 Å². The Morgan fingerprint density at radius 2 is 2.05 bits per heavy atom. The van der Waals surface area contributed by atoms with Crippen molar-refractivity contribution >= 4 is 17.5 Å². The molecule has 2 aromatic rings. The fourth-order valence-corrected chi connectivity index (χ4v) is 2.67. The summed E-state index contributed by atoms with van der Waals surface area (Å²) in [5, 5.41) is 13.4. The first-order valence-electron chi connectivity index (χ1n) is 7.07. The normalized spacial score (nSPS) is 22.8. The zero-order chi connectivity index (χ0) is 14.7. The molecule has 0 aromatic carbocycles. The molecular formula is C13H17ClN6O. The molecule has 1 fully saturated rings. The second-order valence-electron chi connectivity index (χ2n) is 5.15. The zero-order valence-corrected chi connectivity index (χ0v) is 12.2. The quantitative estimate of drug-likeness (QED) is 0.841. The fourth-order valence-electron chi connectivity index (χ4n) is 2.52. The molecule has 1 saturated carbocycles. The number of nitrogens with zero attached hydrogens (tertiary/aromatic N) is 5. The molecule has 112 valence electrons. The van der Waals surface area contributed by atoms with Crippen LogP contribution in [0, 0.1) is 0 Å². The Morgan fingerprint density at radius 3 is 2.86 bits per heavy atom. The molecule has 7 nitrogen and oxygen atoms in total. The van der Waals surface area contributed by atoms with Crippen LogP contribution in [0.4, 0.5) is 5.95 Å². The van der Waals surface area contributed by atoms with Crippen LogP contribution in [0.1, 0.15) is 32.1 Å². The lowest BCUT2D eigenvalue weighted by Gasteiger charge is -2.21. The van der Waals surface area contributed by atoms with Crippen LogP contribution in [0.2, 0.25) is 5.28 Å². The number of aliphatic hydroxyl groups excluding tert-OH is 1. The minimum absolute atomic E-state index is 0.0541. The third-order valence-electron chi connectivity index (χ3n) is 3.63.